The zero-order valence-electron chi connectivity index (χ0n) is 13.1. The molecule has 3 heteroatoms. The summed E-state index contributed by atoms with van der Waals surface area (Å²) in [5.74, 6) is 0.0910. The maximum atomic E-state index is 13.7. The molecule has 0 aliphatic heterocycles. The fourth-order valence-corrected chi connectivity index (χ4v) is 2.80. The summed E-state index contributed by atoms with van der Waals surface area (Å²) in [5, 5.41) is 0.230. The quantitative estimate of drug-likeness (QED) is 0.662. The van der Waals surface area contributed by atoms with Crippen molar-refractivity contribution in [2.45, 2.75) is 58.2 Å². The van der Waals surface area contributed by atoms with Crippen molar-refractivity contribution in [3.8, 4) is 0 Å². The van der Waals surface area contributed by atoms with Gasteiger partial charge in [0, 0.05) is 6.61 Å². The maximum Gasteiger partial charge on any atom is 0.191 e. The molecule has 0 heterocycles. The molecule has 0 amide bonds. The van der Waals surface area contributed by atoms with E-state index in [1.807, 2.05) is 12.1 Å². The van der Waals surface area contributed by atoms with Gasteiger partial charge in [0.1, 0.15) is 5.82 Å². The van der Waals surface area contributed by atoms with Gasteiger partial charge in [-0.25, -0.2) is 4.39 Å². The molecule has 19 heavy (non-hydrogen) atoms. The Bertz CT molecular complexity index is 409. The van der Waals surface area contributed by atoms with Gasteiger partial charge in [-0.2, -0.15) is 0 Å². The second kappa shape index (κ2) is 6.19. The smallest absolute Gasteiger partial charge is 0.191 e. The highest BCUT2D eigenvalue weighted by Gasteiger charge is 2.36. The van der Waals surface area contributed by atoms with Crippen molar-refractivity contribution in [2.75, 3.05) is 6.61 Å². The summed E-state index contributed by atoms with van der Waals surface area (Å²) in [7, 11) is -1.68. The molecular formula is C16H27FOSi. The first-order chi connectivity index (χ1) is 8.65. The van der Waals surface area contributed by atoms with Crippen LogP contribution in [0.1, 0.15) is 45.6 Å². The Hall–Kier alpha value is -0.673. The SMILES string of the molecule is CC(CCO[Si](C)(C)C(C)(C)C)c1ccccc1F. The average molecular weight is 282 g/mol. The molecule has 0 N–H and O–H groups in total. The van der Waals surface area contributed by atoms with E-state index >= 15 is 0 Å². The maximum absolute atomic E-state index is 13.7. The lowest BCUT2D eigenvalue weighted by atomic mass is 9.98. The molecule has 1 unspecified atom stereocenters. The van der Waals surface area contributed by atoms with Gasteiger partial charge < -0.3 is 4.43 Å². The van der Waals surface area contributed by atoms with E-state index in [0.29, 0.717) is 6.61 Å². The summed E-state index contributed by atoms with van der Waals surface area (Å²) >= 11 is 0. The number of rotatable bonds is 5. The van der Waals surface area contributed by atoms with E-state index in [0.717, 1.165) is 12.0 Å². The van der Waals surface area contributed by atoms with Crippen LogP contribution in [-0.4, -0.2) is 14.9 Å². The first-order valence-corrected chi connectivity index (χ1v) is 9.94. The van der Waals surface area contributed by atoms with Crippen molar-refractivity contribution in [1.82, 2.24) is 0 Å². The van der Waals surface area contributed by atoms with Crippen LogP contribution in [0.3, 0.4) is 0 Å². The summed E-state index contributed by atoms with van der Waals surface area (Å²) in [6.45, 7) is 14.0. The summed E-state index contributed by atoms with van der Waals surface area (Å²) in [4.78, 5) is 0. The van der Waals surface area contributed by atoms with E-state index in [1.54, 1.807) is 6.07 Å². The van der Waals surface area contributed by atoms with Crippen LogP contribution in [0.4, 0.5) is 4.39 Å². The van der Waals surface area contributed by atoms with Crippen molar-refractivity contribution < 1.29 is 8.82 Å². The van der Waals surface area contributed by atoms with E-state index in [9.17, 15) is 4.39 Å². The monoisotopic (exact) mass is 282 g/mol. The molecule has 0 bridgehead atoms. The second-order valence-corrected chi connectivity index (χ2v) is 11.6. The standard InChI is InChI=1S/C16H27FOSi/c1-13(14-9-7-8-10-15(14)17)11-12-18-19(5,6)16(2,3)4/h7-10,13H,11-12H2,1-6H3. The minimum absolute atomic E-state index is 0.109. The van der Waals surface area contributed by atoms with Crippen molar-refractivity contribution in [2.24, 2.45) is 0 Å². The minimum atomic E-state index is -1.68. The molecule has 0 radical (unpaired) electrons. The third-order valence-corrected chi connectivity index (χ3v) is 8.79. The van der Waals surface area contributed by atoms with Crippen molar-refractivity contribution in [3.05, 3.63) is 35.6 Å². The molecule has 0 fully saturated rings. The van der Waals surface area contributed by atoms with Gasteiger partial charge in [-0.1, -0.05) is 45.9 Å². The van der Waals surface area contributed by atoms with Gasteiger partial charge in [0.25, 0.3) is 0 Å². The Morgan fingerprint density at radius 2 is 1.79 bits per heavy atom. The highest BCUT2D eigenvalue weighted by atomic mass is 28.4. The predicted molar refractivity (Wildman–Crippen MR) is 82.6 cm³/mol. The third kappa shape index (κ3) is 4.43. The molecule has 0 spiro atoms. The molecule has 0 saturated heterocycles. The molecule has 1 aromatic rings. The lowest BCUT2D eigenvalue weighted by Crippen LogP contribution is -2.41. The predicted octanol–water partition coefficient (Wildman–Crippen LogP) is 5.34. The first kappa shape index (κ1) is 16.4. The number of halogens is 1. The highest BCUT2D eigenvalue weighted by molar-refractivity contribution is 6.74. The van der Waals surface area contributed by atoms with E-state index < -0.39 is 8.32 Å². The Morgan fingerprint density at radius 3 is 2.32 bits per heavy atom. The summed E-state index contributed by atoms with van der Waals surface area (Å²) < 4.78 is 19.8. The van der Waals surface area contributed by atoms with Gasteiger partial charge in [0.15, 0.2) is 8.32 Å². The molecule has 1 nitrogen and oxygen atoms in total. The highest BCUT2D eigenvalue weighted by Crippen LogP contribution is 2.37. The van der Waals surface area contributed by atoms with Crippen LogP contribution in [0.5, 0.6) is 0 Å². The minimum Gasteiger partial charge on any atom is -0.417 e. The van der Waals surface area contributed by atoms with Crippen molar-refractivity contribution >= 4 is 8.32 Å². The van der Waals surface area contributed by atoms with Crippen LogP contribution in [0, 0.1) is 5.82 Å². The molecule has 0 saturated carbocycles. The van der Waals surface area contributed by atoms with Crippen LogP contribution < -0.4 is 0 Å². The van der Waals surface area contributed by atoms with Gasteiger partial charge in [-0.3, -0.25) is 0 Å². The first-order valence-electron chi connectivity index (χ1n) is 7.03. The van der Waals surface area contributed by atoms with Crippen molar-refractivity contribution in [3.63, 3.8) is 0 Å². The van der Waals surface area contributed by atoms with Gasteiger partial charge in [0.2, 0.25) is 0 Å². The zero-order chi connectivity index (χ0) is 14.7. The number of hydrogen-bond donors (Lipinski definition) is 0. The normalized spacial score (nSPS) is 14.5. The van der Waals surface area contributed by atoms with E-state index in [4.69, 9.17) is 4.43 Å². The Labute approximate surface area is 118 Å². The zero-order valence-corrected chi connectivity index (χ0v) is 14.1. The molecule has 108 valence electrons. The van der Waals surface area contributed by atoms with Crippen LogP contribution >= 0.6 is 0 Å². The van der Waals surface area contributed by atoms with Gasteiger partial charge in [-0.15, -0.1) is 0 Å². The molecule has 0 aromatic heterocycles. The molecule has 1 aromatic carbocycles. The summed E-state index contributed by atoms with van der Waals surface area (Å²) in [6, 6.07) is 7.02. The van der Waals surface area contributed by atoms with Crippen LogP contribution in [0.2, 0.25) is 18.1 Å². The second-order valence-electron chi connectivity index (χ2n) is 6.82. The lowest BCUT2D eigenvalue weighted by molar-refractivity contribution is 0.273. The molecule has 0 aliphatic rings. The topological polar surface area (TPSA) is 9.23 Å². The largest absolute Gasteiger partial charge is 0.417 e. The van der Waals surface area contributed by atoms with Crippen LogP contribution in [0.15, 0.2) is 24.3 Å². The number of benzene rings is 1. The van der Waals surface area contributed by atoms with Crippen LogP contribution in [0.25, 0.3) is 0 Å². The van der Waals surface area contributed by atoms with Crippen molar-refractivity contribution in [1.29, 1.82) is 0 Å². The number of hydrogen-bond acceptors (Lipinski definition) is 1. The Balaban J connectivity index is 2.53. The van der Waals surface area contributed by atoms with Gasteiger partial charge in [0.05, 0.1) is 0 Å². The fraction of sp³-hybridized carbons (Fsp3) is 0.625. The summed E-state index contributed by atoms with van der Waals surface area (Å²) in [6.07, 6.45) is 0.868. The van der Waals surface area contributed by atoms with Gasteiger partial charge >= 0.3 is 0 Å². The fourth-order valence-electron chi connectivity index (χ4n) is 1.74. The Kier molecular flexibility index (Phi) is 5.33. The molecular weight excluding hydrogens is 255 g/mol. The van der Waals surface area contributed by atoms with Crippen LogP contribution in [-0.2, 0) is 4.43 Å². The van der Waals surface area contributed by atoms with E-state index in [2.05, 4.69) is 40.8 Å². The van der Waals surface area contributed by atoms with E-state index in [1.165, 1.54) is 6.07 Å². The Morgan fingerprint density at radius 1 is 1.21 bits per heavy atom. The lowest BCUT2D eigenvalue weighted by Gasteiger charge is -2.36. The average Bonchev–Trinajstić information content (AvgIpc) is 2.27. The summed E-state index contributed by atoms with van der Waals surface area (Å²) in [5.41, 5.74) is 0.793. The van der Waals surface area contributed by atoms with E-state index in [-0.39, 0.29) is 16.8 Å². The third-order valence-electron chi connectivity index (χ3n) is 4.26. The van der Waals surface area contributed by atoms with Gasteiger partial charge in [-0.05, 0) is 42.1 Å². The molecule has 1 rings (SSSR count). The molecule has 1 atom stereocenters. The molecule has 0 aliphatic carbocycles.